The molecule has 4 rings (SSSR count). The number of ether oxygens (including phenoxy) is 3. The monoisotopic (exact) mass is 450 g/mol. The van der Waals surface area contributed by atoms with Crippen LogP contribution in [0, 0.1) is 0 Å². The third-order valence-electron chi connectivity index (χ3n) is 5.35. The number of nitrogens with one attached hydrogen (secondary N) is 1. The molecule has 170 valence electrons. The molecule has 0 bridgehead atoms. The van der Waals surface area contributed by atoms with E-state index in [0.29, 0.717) is 24.0 Å². The summed E-state index contributed by atoms with van der Waals surface area (Å²) in [4.78, 5) is 50.7. The van der Waals surface area contributed by atoms with Crippen molar-refractivity contribution < 1.29 is 23.8 Å². The summed E-state index contributed by atoms with van der Waals surface area (Å²) in [5.41, 5.74) is -1.55. The summed E-state index contributed by atoms with van der Waals surface area (Å²) >= 11 is 0. The van der Waals surface area contributed by atoms with Crippen molar-refractivity contribution in [3.8, 4) is 0 Å². The third-order valence-corrected chi connectivity index (χ3v) is 5.35. The van der Waals surface area contributed by atoms with Crippen LogP contribution in [0.3, 0.4) is 0 Å². The van der Waals surface area contributed by atoms with Gasteiger partial charge in [0.25, 0.3) is 5.56 Å². The molecule has 2 aromatic carbocycles. The number of aromatic nitrogens is 2. The summed E-state index contributed by atoms with van der Waals surface area (Å²) in [7, 11) is 0. The van der Waals surface area contributed by atoms with Crippen LogP contribution in [0.1, 0.15) is 39.8 Å². The second-order valence-corrected chi connectivity index (χ2v) is 7.70. The lowest BCUT2D eigenvalue weighted by atomic mass is 10.0. The Balaban J connectivity index is 1.51. The molecule has 0 radical (unpaired) electrons. The van der Waals surface area contributed by atoms with Gasteiger partial charge in [-0.05, 0) is 37.1 Å². The number of hydrogen-bond donors (Lipinski definition) is 1. The number of H-pyrrole nitrogens is 1. The molecule has 33 heavy (non-hydrogen) atoms. The molecule has 1 aromatic heterocycles. The van der Waals surface area contributed by atoms with Gasteiger partial charge in [-0.3, -0.25) is 14.3 Å². The molecule has 1 fully saturated rings. The van der Waals surface area contributed by atoms with Gasteiger partial charge in [0.2, 0.25) is 0 Å². The minimum Gasteiger partial charge on any atom is -0.459 e. The standard InChI is InChI=1S/C24H22N2O7/c27-19-12-14-26(23(30)25-19)20-11-13-24(33-20,15-31-21(28)17-7-3-1-4-8-17)16-32-22(29)18-9-5-2-6-10-18/h1-10,12,14,20H,11,13,15-16H2,(H,25,27,30)/t20-/m1/s1. The fourth-order valence-corrected chi connectivity index (χ4v) is 3.61. The Kier molecular flexibility index (Phi) is 6.50. The molecule has 1 aliphatic rings. The number of carbonyl (C=O) groups excluding carboxylic acids is 2. The highest BCUT2D eigenvalue weighted by molar-refractivity contribution is 5.89. The molecule has 3 aromatic rings. The van der Waals surface area contributed by atoms with Crippen LogP contribution < -0.4 is 11.2 Å². The lowest BCUT2D eigenvalue weighted by Crippen LogP contribution is -2.42. The van der Waals surface area contributed by atoms with Crippen LogP contribution in [-0.4, -0.2) is 40.3 Å². The molecule has 0 aliphatic carbocycles. The first-order valence-corrected chi connectivity index (χ1v) is 10.4. The molecule has 0 amide bonds. The second kappa shape index (κ2) is 9.66. The number of carbonyl (C=O) groups is 2. The Bertz CT molecular complexity index is 1180. The quantitative estimate of drug-likeness (QED) is 0.549. The smallest absolute Gasteiger partial charge is 0.338 e. The van der Waals surface area contributed by atoms with E-state index in [1.165, 1.54) is 16.8 Å². The summed E-state index contributed by atoms with van der Waals surface area (Å²) in [6.07, 6.45) is 1.36. The van der Waals surface area contributed by atoms with Crippen molar-refractivity contribution in [1.29, 1.82) is 0 Å². The number of benzene rings is 2. The van der Waals surface area contributed by atoms with Crippen LogP contribution in [0.15, 0.2) is 82.5 Å². The third kappa shape index (κ3) is 5.27. The SMILES string of the molecule is O=C(OCC1(COC(=O)c2ccccc2)CC[C@H](n2ccc(=O)[nH]c2=O)O1)c1ccccc1. The number of rotatable bonds is 7. The number of hydrogen-bond acceptors (Lipinski definition) is 7. The van der Waals surface area contributed by atoms with Crippen LogP contribution in [0.25, 0.3) is 0 Å². The van der Waals surface area contributed by atoms with E-state index in [4.69, 9.17) is 14.2 Å². The van der Waals surface area contributed by atoms with Crippen molar-refractivity contribution in [2.45, 2.75) is 24.7 Å². The fraction of sp³-hybridized carbons (Fsp3) is 0.250. The van der Waals surface area contributed by atoms with Crippen molar-refractivity contribution in [1.82, 2.24) is 9.55 Å². The predicted molar refractivity (Wildman–Crippen MR) is 117 cm³/mol. The van der Waals surface area contributed by atoms with E-state index in [9.17, 15) is 19.2 Å². The first kappa shape index (κ1) is 22.2. The molecule has 1 aliphatic heterocycles. The molecule has 1 saturated heterocycles. The van der Waals surface area contributed by atoms with E-state index >= 15 is 0 Å². The van der Waals surface area contributed by atoms with Gasteiger partial charge in [0.15, 0.2) is 0 Å². The van der Waals surface area contributed by atoms with Gasteiger partial charge >= 0.3 is 17.6 Å². The fourth-order valence-electron chi connectivity index (χ4n) is 3.61. The molecule has 1 atom stereocenters. The lowest BCUT2D eigenvalue weighted by molar-refractivity contribution is -0.127. The zero-order valence-electron chi connectivity index (χ0n) is 17.6. The molecular formula is C24H22N2O7. The van der Waals surface area contributed by atoms with Crippen molar-refractivity contribution in [2.75, 3.05) is 13.2 Å². The first-order chi connectivity index (χ1) is 16.0. The van der Waals surface area contributed by atoms with Gasteiger partial charge in [0.1, 0.15) is 25.0 Å². The van der Waals surface area contributed by atoms with Crippen LogP contribution in [-0.2, 0) is 14.2 Å². The average Bonchev–Trinajstić information content (AvgIpc) is 3.26. The molecule has 0 unspecified atom stereocenters. The van der Waals surface area contributed by atoms with Crippen LogP contribution in [0.4, 0.5) is 0 Å². The Hall–Kier alpha value is -3.98. The van der Waals surface area contributed by atoms with Gasteiger partial charge < -0.3 is 14.2 Å². The second-order valence-electron chi connectivity index (χ2n) is 7.70. The summed E-state index contributed by atoms with van der Waals surface area (Å²) in [6.45, 7) is -0.366. The van der Waals surface area contributed by atoms with Crippen molar-refractivity contribution in [3.63, 3.8) is 0 Å². The van der Waals surface area contributed by atoms with E-state index in [-0.39, 0.29) is 13.2 Å². The summed E-state index contributed by atoms with van der Waals surface area (Å²) in [6, 6.07) is 18.2. The van der Waals surface area contributed by atoms with Crippen LogP contribution in [0.2, 0.25) is 0 Å². The molecule has 2 heterocycles. The predicted octanol–water partition coefficient (Wildman–Crippen LogP) is 2.30. The minimum absolute atomic E-state index is 0.183. The van der Waals surface area contributed by atoms with E-state index in [2.05, 4.69) is 4.98 Å². The number of aromatic amines is 1. The topological polar surface area (TPSA) is 117 Å². The Morgan fingerprint density at radius 3 is 1.97 bits per heavy atom. The molecule has 0 saturated carbocycles. The number of esters is 2. The normalized spacial score (nSPS) is 16.8. The molecule has 0 spiro atoms. The maximum atomic E-state index is 12.5. The Labute approximate surface area is 188 Å². The molecule has 9 nitrogen and oxygen atoms in total. The zero-order valence-corrected chi connectivity index (χ0v) is 17.6. The van der Waals surface area contributed by atoms with Crippen molar-refractivity contribution in [3.05, 3.63) is 105 Å². The van der Waals surface area contributed by atoms with Gasteiger partial charge in [0, 0.05) is 12.3 Å². The molecule has 1 N–H and O–H groups in total. The highest BCUT2D eigenvalue weighted by atomic mass is 16.6. The first-order valence-electron chi connectivity index (χ1n) is 10.4. The summed E-state index contributed by atoms with van der Waals surface area (Å²) in [5.74, 6) is -1.09. The summed E-state index contributed by atoms with van der Waals surface area (Å²) in [5, 5.41) is 0. The lowest BCUT2D eigenvalue weighted by Gasteiger charge is -2.28. The minimum atomic E-state index is -1.16. The average molecular weight is 450 g/mol. The maximum Gasteiger partial charge on any atom is 0.338 e. The largest absolute Gasteiger partial charge is 0.459 e. The highest BCUT2D eigenvalue weighted by Crippen LogP contribution is 2.36. The van der Waals surface area contributed by atoms with Crippen LogP contribution >= 0.6 is 0 Å². The number of nitrogens with zero attached hydrogens (tertiary/aromatic N) is 1. The van der Waals surface area contributed by atoms with Gasteiger partial charge in [-0.1, -0.05) is 36.4 Å². The van der Waals surface area contributed by atoms with Gasteiger partial charge in [-0.25, -0.2) is 14.4 Å². The summed E-state index contributed by atoms with van der Waals surface area (Å²) < 4.78 is 18.3. The van der Waals surface area contributed by atoms with Crippen molar-refractivity contribution >= 4 is 11.9 Å². The molecular weight excluding hydrogens is 428 g/mol. The van der Waals surface area contributed by atoms with Crippen LogP contribution in [0.5, 0.6) is 0 Å². The van der Waals surface area contributed by atoms with E-state index in [1.807, 2.05) is 0 Å². The molecule has 9 heteroatoms. The highest BCUT2D eigenvalue weighted by Gasteiger charge is 2.44. The van der Waals surface area contributed by atoms with E-state index in [0.717, 1.165) is 0 Å². The van der Waals surface area contributed by atoms with Gasteiger partial charge in [-0.15, -0.1) is 0 Å². The zero-order chi connectivity index (χ0) is 23.3. The maximum absolute atomic E-state index is 12.5. The Morgan fingerprint density at radius 2 is 1.45 bits per heavy atom. The van der Waals surface area contributed by atoms with Crippen molar-refractivity contribution in [2.24, 2.45) is 0 Å². The van der Waals surface area contributed by atoms with E-state index < -0.39 is 35.0 Å². The van der Waals surface area contributed by atoms with Gasteiger partial charge in [0.05, 0.1) is 11.1 Å². The van der Waals surface area contributed by atoms with E-state index in [1.54, 1.807) is 60.7 Å². The Morgan fingerprint density at radius 1 is 0.909 bits per heavy atom. The van der Waals surface area contributed by atoms with Gasteiger partial charge in [-0.2, -0.15) is 0 Å².